The van der Waals surface area contributed by atoms with Crippen molar-refractivity contribution < 1.29 is 18.7 Å². The third-order valence-corrected chi connectivity index (χ3v) is 4.70. The van der Waals surface area contributed by atoms with Gasteiger partial charge in [0.1, 0.15) is 11.4 Å². The highest BCUT2D eigenvalue weighted by atomic mass is 19.1. The van der Waals surface area contributed by atoms with Crippen molar-refractivity contribution in [3.63, 3.8) is 0 Å². The van der Waals surface area contributed by atoms with Crippen LogP contribution < -0.4 is 15.5 Å². The van der Waals surface area contributed by atoms with Gasteiger partial charge in [0.2, 0.25) is 0 Å². The number of hydrogen-bond acceptors (Lipinski definition) is 4. The number of rotatable bonds is 5. The fourth-order valence-corrected chi connectivity index (χ4v) is 3.32. The second-order valence-corrected chi connectivity index (χ2v) is 8.36. The number of halogens is 1. The average molecular weight is 413 g/mol. The Labute approximate surface area is 176 Å². The minimum atomic E-state index is -0.553. The summed E-state index contributed by atoms with van der Waals surface area (Å²) < 4.78 is 19.0. The first-order chi connectivity index (χ1) is 14.2. The molecule has 0 bridgehead atoms. The Morgan fingerprint density at radius 2 is 1.73 bits per heavy atom. The van der Waals surface area contributed by atoms with Crippen LogP contribution in [-0.2, 0) is 11.3 Å². The number of ether oxygens (including phenoxy) is 1. The second-order valence-electron chi connectivity index (χ2n) is 8.36. The molecule has 2 amide bonds. The molecule has 0 spiro atoms. The molecule has 2 aromatic carbocycles. The van der Waals surface area contributed by atoms with E-state index in [4.69, 9.17) is 4.74 Å². The first-order valence-corrected chi connectivity index (χ1v) is 10.1. The van der Waals surface area contributed by atoms with Crippen molar-refractivity contribution >= 4 is 23.4 Å². The van der Waals surface area contributed by atoms with E-state index >= 15 is 0 Å². The van der Waals surface area contributed by atoms with Gasteiger partial charge in [0.05, 0.1) is 5.56 Å². The van der Waals surface area contributed by atoms with E-state index in [-0.39, 0.29) is 5.91 Å². The van der Waals surface area contributed by atoms with Crippen molar-refractivity contribution in [1.82, 2.24) is 5.32 Å². The summed E-state index contributed by atoms with van der Waals surface area (Å²) in [6.07, 6.45) is 1.65. The van der Waals surface area contributed by atoms with Gasteiger partial charge >= 0.3 is 6.09 Å². The molecule has 0 unspecified atom stereocenters. The highest BCUT2D eigenvalue weighted by molar-refractivity contribution is 6.08. The molecule has 1 saturated heterocycles. The molecule has 1 heterocycles. The van der Waals surface area contributed by atoms with Crippen molar-refractivity contribution in [1.29, 1.82) is 0 Å². The third-order valence-electron chi connectivity index (χ3n) is 4.70. The minimum Gasteiger partial charge on any atom is -0.444 e. The summed E-state index contributed by atoms with van der Waals surface area (Å²) in [5.74, 6) is -0.789. The van der Waals surface area contributed by atoms with Gasteiger partial charge in [-0.2, -0.15) is 0 Å². The smallest absolute Gasteiger partial charge is 0.407 e. The van der Waals surface area contributed by atoms with Crippen LogP contribution in [0.3, 0.4) is 0 Å². The van der Waals surface area contributed by atoms with Gasteiger partial charge in [-0.15, -0.1) is 0 Å². The maximum absolute atomic E-state index is 13.8. The summed E-state index contributed by atoms with van der Waals surface area (Å²) in [4.78, 5) is 26.7. The number of hydrogen-bond donors (Lipinski definition) is 2. The number of nitrogens with zero attached hydrogens (tertiary/aromatic N) is 1. The lowest BCUT2D eigenvalue weighted by Gasteiger charge is -2.21. The zero-order valence-corrected chi connectivity index (χ0v) is 17.6. The topological polar surface area (TPSA) is 70.7 Å². The van der Waals surface area contributed by atoms with Crippen molar-refractivity contribution in [3.05, 3.63) is 59.4 Å². The molecule has 2 N–H and O–H groups in total. The van der Waals surface area contributed by atoms with Crippen LogP contribution in [0.2, 0.25) is 0 Å². The summed E-state index contributed by atoms with van der Waals surface area (Å²) in [7, 11) is 0. The Kier molecular flexibility index (Phi) is 6.59. The Bertz CT molecular complexity index is 901. The van der Waals surface area contributed by atoms with Crippen molar-refractivity contribution in [3.8, 4) is 0 Å². The van der Waals surface area contributed by atoms with Crippen LogP contribution in [0.5, 0.6) is 0 Å². The molecule has 7 heteroatoms. The molecular formula is C23H28FN3O3. The summed E-state index contributed by atoms with van der Waals surface area (Å²) in [5.41, 5.74) is 1.99. The summed E-state index contributed by atoms with van der Waals surface area (Å²) in [6, 6.07) is 11.4. The van der Waals surface area contributed by atoms with Crippen LogP contribution >= 0.6 is 0 Å². The van der Waals surface area contributed by atoms with E-state index in [0.717, 1.165) is 37.2 Å². The van der Waals surface area contributed by atoms with Crippen LogP contribution in [0.1, 0.15) is 49.5 Å². The lowest BCUT2D eigenvalue weighted by Crippen LogP contribution is -2.32. The Morgan fingerprint density at radius 3 is 2.37 bits per heavy atom. The zero-order valence-electron chi connectivity index (χ0n) is 17.6. The van der Waals surface area contributed by atoms with Crippen LogP contribution in [0.25, 0.3) is 0 Å². The predicted octanol–water partition coefficient (Wildman–Crippen LogP) is 4.70. The van der Waals surface area contributed by atoms with Gasteiger partial charge in [0.25, 0.3) is 5.91 Å². The Morgan fingerprint density at radius 1 is 1.07 bits per heavy atom. The third kappa shape index (κ3) is 5.95. The molecule has 0 aliphatic carbocycles. The van der Waals surface area contributed by atoms with Gasteiger partial charge in [-0.25, -0.2) is 9.18 Å². The molecule has 0 radical (unpaired) electrons. The van der Waals surface area contributed by atoms with E-state index < -0.39 is 17.5 Å². The number of amides is 2. The summed E-state index contributed by atoms with van der Waals surface area (Å²) in [6.45, 7) is 7.45. The molecule has 0 aromatic heterocycles. The number of anilines is 2. The summed E-state index contributed by atoms with van der Waals surface area (Å²) in [5, 5.41) is 5.52. The molecule has 2 aromatic rings. The average Bonchev–Trinajstić information content (AvgIpc) is 3.20. The standard InChI is InChI=1S/C23H28FN3O3/c1-23(2,3)30-22(29)25-15-16-6-9-18(10-7-16)26-21(28)19-14-17(24)8-11-20(19)27-12-4-5-13-27/h6-11,14H,4-5,12-13,15H2,1-3H3,(H,25,29)(H,26,28). The summed E-state index contributed by atoms with van der Waals surface area (Å²) >= 11 is 0. The van der Waals surface area contributed by atoms with Crippen molar-refractivity contribution in [2.45, 2.75) is 45.8 Å². The molecule has 30 heavy (non-hydrogen) atoms. The number of nitrogens with one attached hydrogen (secondary N) is 2. The van der Waals surface area contributed by atoms with E-state index in [9.17, 15) is 14.0 Å². The van der Waals surface area contributed by atoms with Crippen LogP contribution in [0.15, 0.2) is 42.5 Å². The van der Waals surface area contributed by atoms with Crippen LogP contribution in [0.4, 0.5) is 20.6 Å². The second kappa shape index (κ2) is 9.15. The van der Waals surface area contributed by atoms with Crippen molar-refractivity contribution in [2.75, 3.05) is 23.3 Å². The SMILES string of the molecule is CC(C)(C)OC(=O)NCc1ccc(NC(=O)c2cc(F)ccc2N2CCCC2)cc1. The van der Waals surface area contributed by atoms with Gasteiger partial charge < -0.3 is 20.3 Å². The van der Waals surface area contributed by atoms with Gasteiger partial charge in [-0.05, 0) is 69.5 Å². The maximum Gasteiger partial charge on any atom is 0.407 e. The lowest BCUT2D eigenvalue weighted by atomic mass is 10.1. The van der Waals surface area contributed by atoms with Gasteiger partial charge in [0.15, 0.2) is 0 Å². The fourth-order valence-electron chi connectivity index (χ4n) is 3.32. The van der Waals surface area contributed by atoms with E-state index in [2.05, 4.69) is 15.5 Å². The van der Waals surface area contributed by atoms with E-state index in [1.165, 1.54) is 12.1 Å². The maximum atomic E-state index is 13.8. The molecular weight excluding hydrogens is 385 g/mol. The zero-order chi connectivity index (χ0) is 21.7. The lowest BCUT2D eigenvalue weighted by molar-refractivity contribution is 0.0523. The van der Waals surface area contributed by atoms with Gasteiger partial charge in [-0.3, -0.25) is 4.79 Å². The Hall–Kier alpha value is -3.09. The number of benzene rings is 2. The first-order valence-electron chi connectivity index (χ1n) is 10.1. The highest BCUT2D eigenvalue weighted by Crippen LogP contribution is 2.26. The first kappa shape index (κ1) is 21.6. The largest absolute Gasteiger partial charge is 0.444 e. The molecule has 0 saturated carbocycles. The molecule has 1 aliphatic rings. The minimum absolute atomic E-state index is 0.312. The van der Waals surface area contributed by atoms with Gasteiger partial charge in [0, 0.05) is 31.0 Å². The monoisotopic (exact) mass is 413 g/mol. The molecule has 6 nitrogen and oxygen atoms in total. The normalized spacial score (nSPS) is 13.8. The highest BCUT2D eigenvalue weighted by Gasteiger charge is 2.20. The molecule has 160 valence electrons. The molecule has 3 rings (SSSR count). The number of alkyl carbamates (subject to hydrolysis) is 1. The number of carbonyl (C=O) groups is 2. The van der Waals surface area contributed by atoms with Crippen molar-refractivity contribution in [2.24, 2.45) is 0 Å². The Balaban J connectivity index is 1.62. The quantitative estimate of drug-likeness (QED) is 0.745. The predicted molar refractivity (Wildman–Crippen MR) is 115 cm³/mol. The van der Waals surface area contributed by atoms with Crippen LogP contribution in [-0.4, -0.2) is 30.7 Å². The molecule has 1 fully saturated rings. The van der Waals surface area contributed by atoms with E-state index in [0.29, 0.717) is 17.8 Å². The van der Waals surface area contributed by atoms with Gasteiger partial charge in [-0.1, -0.05) is 12.1 Å². The fraction of sp³-hybridized carbons (Fsp3) is 0.391. The number of carbonyl (C=O) groups excluding carboxylic acids is 2. The molecule has 0 atom stereocenters. The molecule has 1 aliphatic heterocycles. The van der Waals surface area contributed by atoms with E-state index in [1.54, 1.807) is 51.1 Å². The van der Waals surface area contributed by atoms with Crippen LogP contribution in [0, 0.1) is 5.82 Å². The van der Waals surface area contributed by atoms with E-state index in [1.807, 2.05) is 0 Å².